The van der Waals surface area contributed by atoms with Gasteiger partial charge in [-0.3, -0.25) is 0 Å². The fourth-order valence-electron chi connectivity index (χ4n) is 1.65. The van der Waals surface area contributed by atoms with Crippen LogP contribution >= 0.6 is 0 Å². The highest BCUT2D eigenvalue weighted by Crippen LogP contribution is 2.28. The van der Waals surface area contributed by atoms with E-state index in [1.54, 1.807) is 6.92 Å². The van der Waals surface area contributed by atoms with Gasteiger partial charge in [-0.2, -0.15) is 0 Å². The number of carbonyl (C=O) groups is 1. The van der Waals surface area contributed by atoms with E-state index >= 15 is 0 Å². The predicted octanol–water partition coefficient (Wildman–Crippen LogP) is 3.47. The first-order chi connectivity index (χ1) is 5.39. The first-order valence-electron chi connectivity index (χ1n) is 4.90. The summed E-state index contributed by atoms with van der Waals surface area (Å²) in [6.45, 7) is 10.8. The Morgan fingerprint density at radius 1 is 1.33 bits per heavy atom. The van der Waals surface area contributed by atoms with Crippen molar-refractivity contribution in [1.29, 1.82) is 0 Å². The number of unbranched alkanes of at least 4 members (excludes halogenated alkanes) is 1. The van der Waals surface area contributed by atoms with Gasteiger partial charge in [0.15, 0.2) is 0 Å². The van der Waals surface area contributed by atoms with Crippen molar-refractivity contribution >= 4 is 13.9 Å². The zero-order valence-corrected chi connectivity index (χ0v) is 10.1. The van der Waals surface area contributed by atoms with E-state index in [1.807, 2.05) is 0 Å². The normalized spacial score (nSPS) is 14.4. The lowest BCUT2D eigenvalue weighted by Gasteiger charge is -2.26. The summed E-state index contributed by atoms with van der Waals surface area (Å²) >= 11 is 0. The van der Waals surface area contributed by atoms with Crippen molar-refractivity contribution in [3.63, 3.8) is 0 Å². The molecule has 0 bridgehead atoms. The number of carbonyl (C=O) groups excluding carboxylic acids is 1. The minimum Gasteiger partial charge on any atom is -0.300 e. The Bertz CT molecular complexity index is 146. The first-order valence-corrected chi connectivity index (χ1v) is 8.47. The quantitative estimate of drug-likeness (QED) is 0.601. The molecule has 0 rings (SSSR count). The van der Waals surface area contributed by atoms with Crippen LogP contribution in [0.25, 0.3) is 0 Å². The standard InChI is InChI=1S/C10H22OSi/c1-6-7-8-10(9(2)11)12(3,4)5/h10H,6-8H2,1-5H3. The number of ketones is 1. The molecule has 0 aliphatic heterocycles. The molecule has 0 aromatic rings. The molecule has 0 aliphatic rings. The molecular weight excluding hydrogens is 164 g/mol. The van der Waals surface area contributed by atoms with E-state index in [-0.39, 0.29) is 0 Å². The van der Waals surface area contributed by atoms with E-state index in [0.717, 1.165) is 6.42 Å². The Hall–Kier alpha value is -0.113. The summed E-state index contributed by atoms with van der Waals surface area (Å²) in [4.78, 5) is 11.3. The highest BCUT2D eigenvalue weighted by Gasteiger charge is 2.29. The van der Waals surface area contributed by atoms with E-state index in [2.05, 4.69) is 26.6 Å². The average molecular weight is 186 g/mol. The van der Waals surface area contributed by atoms with Gasteiger partial charge < -0.3 is 4.79 Å². The Morgan fingerprint density at radius 3 is 2.08 bits per heavy atom. The third-order valence-electron chi connectivity index (χ3n) is 2.38. The second-order valence-electron chi connectivity index (χ2n) is 4.67. The maximum absolute atomic E-state index is 11.3. The molecule has 0 heterocycles. The van der Waals surface area contributed by atoms with Gasteiger partial charge in [0, 0.05) is 5.54 Å². The lowest BCUT2D eigenvalue weighted by Crippen LogP contribution is -2.32. The van der Waals surface area contributed by atoms with Gasteiger partial charge in [0.05, 0.1) is 8.07 Å². The van der Waals surface area contributed by atoms with E-state index in [4.69, 9.17) is 0 Å². The van der Waals surface area contributed by atoms with Gasteiger partial charge in [-0.1, -0.05) is 39.4 Å². The molecule has 0 fully saturated rings. The molecule has 0 saturated carbocycles. The Kier molecular flexibility index (Phi) is 4.76. The first kappa shape index (κ1) is 11.9. The smallest absolute Gasteiger partial charge is 0.130 e. The van der Waals surface area contributed by atoms with Gasteiger partial charge >= 0.3 is 0 Å². The second-order valence-corrected chi connectivity index (χ2v) is 10.1. The van der Waals surface area contributed by atoms with E-state index in [9.17, 15) is 4.79 Å². The summed E-state index contributed by atoms with van der Waals surface area (Å²) in [5.41, 5.74) is 0.387. The van der Waals surface area contributed by atoms with Crippen LogP contribution in [-0.2, 0) is 4.79 Å². The minimum atomic E-state index is -1.24. The van der Waals surface area contributed by atoms with Crippen LogP contribution in [0.1, 0.15) is 33.1 Å². The van der Waals surface area contributed by atoms with E-state index in [0.29, 0.717) is 11.3 Å². The maximum Gasteiger partial charge on any atom is 0.130 e. The number of rotatable bonds is 5. The summed E-state index contributed by atoms with van der Waals surface area (Å²) < 4.78 is 0. The Balaban J connectivity index is 4.15. The van der Waals surface area contributed by atoms with Crippen LogP contribution in [0, 0.1) is 0 Å². The van der Waals surface area contributed by atoms with Crippen molar-refractivity contribution in [3.05, 3.63) is 0 Å². The summed E-state index contributed by atoms with van der Waals surface area (Å²) in [5, 5.41) is 0. The molecule has 0 aromatic carbocycles. The lowest BCUT2D eigenvalue weighted by molar-refractivity contribution is -0.117. The SMILES string of the molecule is CCCCC(C(C)=O)[Si](C)(C)C. The summed E-state index contributed by atoms with van der Waals surface area (Å²) in [6, 6.07) is 0. The van der Waals surface area contributed by atoms with Crippen molar-refractivity contribution in [1.82, 2.24) is 0 Å². The Labute approximate surface area is 77.6 Å². The largest absolute Gasteiger partial charge is 0.300 e. The molecule has 1 unspecified atom stereocenters. The van der Waals surface area contributed by atoms with Crippen LogP contribution in [0.5, 0.6) is 0 Å². The number of hydrogen-bond acceptors (Lipinski definition) is 1. The summed E-state index contributed by atoms with van der Waals surface area (Å²) in [6.07, 6.45) is 3.52. The van der Waals surface area contributed by atoms with Crippen LogP contribution in [0.2, 0.25) is 25.2 Å². The zero-order chi connectivity index (χ0) is 9.78. The molecule has 0 radical (unpaired) electrons. The molecule has 0 spiro atoms. The van der Waals surface area contributed by atoms with Gasteiger partial charge in [-0.25, -0.2) is 0 Å². The maximum atomic E-state index is 11.3. The van der Waals surface area contributed by atoms with Gasteiger partial charge in [-0.15, -0.1) is 0 Å². The Morgan fingerprint density at radius 2 is 1.83 bits per heavy atom. The summed E-state index contributed by atoms with van der Waals surface area (Å²) in [7, 11) is -1.24. The predicted molar refractivity (Wildman–Crippen MR) is 57.3 cm³/mol. The zero-order valence-electron chi connectivity index (χ0n) is 9.11. The van der Waals surface area contributed by atoms with Gasteiger partial charge in [0.25, 0.3) is 0 Å². The molecule has 12 heavy (non-hydrogen) atoms. The second kappa shape index (κ2) is 4.80. The highest BCUT2D eigenvalue weighted by molar-refractivity contribution is 6.80. The third kappa shape index (κ3) is 4.05. The molecule has 72 valence electrons. The monoisotopic (exact) mass is 186 g/mol. The van der Waals surface area contributed by atoms with Gasteiger partial charge in [0.2, 0.25) is 0 Å². The summed E-state index contributed by atoms with van der Waals surface area (Å²) in [5.74, 6) is 0.405. The fourth-order valence-corrected chi connectivity index (χ4v) is 3.94. The van der Waals surface area contributed by atoms with Crippen molar-refractivity contribution in [2.45, 2.75) is 58.3 Å². The highest BCUT2D eigenvalue weighted by atomic mass is 28.3. The van der Waals surface area contributed by atoms with Crippen LogP contribution in [0.4, 0.5) is 0 Å². The fraction of sp³-hybridized carbons (Fsp3) is 0.900. The molecule has 1 nitrogen and oxygen atoms in total. The minimum absolute atomic E-state index is 0.387. The number of Topliss-reactive ketones (excluding diaryl/α,β-unsaturated/α-hetero) is 1. The van der Waals surface area contributed by atoms with Crippen LogP contribution in [-0.4, -0.2) is 13.9 Å². The molecule has 0 N–H and O–H groups in total. The molecule has 1 atom stereocenters. The van der Waals surface area contributed by atoms with Crippen molar-refractivity contribution in [2.75, 3.05) is 0 Å². The molecule has 2 heteroatoms. The van der Waals surface area contributed by atoms with Crippen LogP contribution in [0.15, 0.2) is 0 Å². The average Bonchev–Trinajstić information content (AvgIpc) is 1.84. The van der Waals surface area contributed by atoms with Crippen molar-refractivity contribution in [3.8, 4) is 0 Å². The molecule has 0 aliphatic carbocycles. The third-order valence-corrected chi connectivity index (χ3v) is 5.17. The van der Waals surface area contributed by atoms with E-state index in [1.165, 1.54) is 12.8 Å². The van der Waals surface area contributed by atoms with Crippen LogP contribution in [0.3, 0.4) is 0 Å². The molecular formula is C10H22OSi. The molecule has 0 aromatic heterocycles. The van der Waals surface area contributed by atoms with Crippen molar-refractivity contribution < 1.29 is 4.79 Å². The van der Waals surface area contributed by atoms with Crippen LogP contribution < -0.4 is 0 Å². The topological polar surface area (TPSA) is 17.1 Å². The molecule has 0 amide bonds. The van der Waals surface area contributed by atoms with Crippen molar-refractivity contribution in [2.24, 2.45) is 0 Å². The van der Waals surface area contributed by atoms with Gasteiger partial charge in [0.1, 0.15) is 5.78 Å². The lowest BCUT2D eigenvalue weighted by atomic mass is 10.1. The number of hydrogen-bond donors (Lipinski definition) is 0. The van der Waals surface area contributed by atoms with E-state index < -0.39 is 8.07 Å². The molecule has 0 saturated heterocycles. The van der Waals surface area contributed by atoms with Gasteiger partial charge in [-0.05, 0) is 13.3 Å².